The standard InChI is InChI=1S/C17H11BrN2O3S/c18-14-6-9(8-24-14)5-10-3-4-20-15(10)19-13-7-11(17(22)23)1-2-12(13)16(20)21/h1-2,5-8H,3-4H2,(H,22,23)/b10-5+. The van der Waals surface area contributed by atoms with Crippen molar-refractivity contribution < 1.29 is 9.90 Å². The number of carboxylic acid groups (broad SMARTS) is 1. The molecule has 0 saturated carbocycles. The van der Waals surface area contributed by atoms with E-state index in [2.05, 4.69) is 20.9 Å². The third-order valence-corrected chi connectivity index (χ3v) is 5.55. The molecule has 0 spiro atoms. The van der Waals surface area contributed by atoms with Crippen molar-refractivity contribution in [2.24, 2.45) is 0 Å². The molecule has 24 heavy (non-hydrogen) atoms. The number of hydrogen-bond donors (Lipinski definition) is 1. The summed E-state index contributed by atoms with van der Waals surface area (Å²) in [6, 6.07) is 6.45. The number of thiophene rings is 1. The minimum Gasteiger partial charge on any atom is -0.478 e. The first kappa shape index (κ1) is 15.3. The number of benzene rings is 1. The quantitative estimate of drug-likeness (QED) is 0.705. The molecule has 0 bridgehead atoms. The van der Waals surface area contributed by atoms with Crippen molar-refractivity contribution in [3.8, 4) is 0 Å². The van der Waals surface area contributed by atoms with Crippen LogP contribution >= 0.6 is 27.3 Å². The number of hydrogen-bond acceptors (Lipinski definition) is 4. The lowest BCUT2D eigenvalue weighted by Crippen LogP contribution is -2.20. The Hall–Kier alpha value is -2.25. The third-order valence-electron chi connectivity index (χ3n) is 4.02. The Labute approximate surface area is 149 Å². The summed E-state index contributed by atoms with van der Waals surface area (Å²) in [5.41, 5.74) is 2.47. The van der Waals surface area contributed by atoms with Gasteiger partial charge in [0.25, 0.3) is 5.56 Å². The van der Waals surface area contributed by atoms with E-state index in [4.69, 9.17) is 5.11 Å². The molecule has 1 aromatic carbocycles. The Morgan fingerprint density at radius 2 is 2.21 bits per heavy atom. The first-order chi connectivity index (χ1) is 11.5. The molecule has 0 amide bonds. The van der Waals surface area contributed by atoms with E-state index in [1.165, 1.54) is 12.1 Å². The second kappa shape index (κ2) is 5.68. The molecule has 1 aliphatic heterocycles. The van der Waals surface area contributed by atoms with Gasteiger partial charge in [-0.25, -0.2) is 9.78 Å². The summed E-state index contributed by atoms with van der Waals surface area (Å²) in [7, 11) is 0. The van der Waals surface area contributed by atoms with Crippen molar-refractivity contribution in [3.63, 3.8) is 0 Å². The van der Waals surface area contributed by atoms with Gasteiger partial charge >= 0.3 is 5.97 Å². The predicted octanol–water partition coefficient (Wildman–Crippen LogP) is 3.86. The number of rotatable bonds is 2. The fourth-order valence-electron chi connectivity index (χ4n) is 2.89. The fourth-order valence-corrected chi connectivity index (χ4v) is 4.02. The zero-order valence-corrected chi connectivity index (χ0v) is 14.7. The highest BCUT2D eigenvalue weighted by atomic mass is 79.9. The van der Waals surface area contributed by atoms with Crippen LogP contribution in [0.15, 0.2) is 38.2 Å². The largest absolute Gasteiger partial charge is 0.478 e. The van der Waals surface area contributed by atoms with Crippen molar-refractivity contribution in [2.45, 2.75) is 13.0 Å². The molecule has 120 valence electrons. The summed E-state index contributed by atoms with van der Waals surface area (Å²) in [6.45, 7) is 0.592. The van der Waals surface area contributed by atoms with E-state index in [9.17, 15) is 9.59 Å². The average molecular weight is 403 g/mol. The minimum atomic E-state index is -1.03. The highest BCUT2D eigenvalue weighted by Gasteiger charge is 2.21. The van der Waals surface area contributed by atoms with Gasteiger partial charge in [0.2, 0.25) is 0 Å². The van der Waals surface area contributed by atoms with E-state index in [-0.39, 0.29) is 11.1 Å². The van der Waals surface area contributed by atoms with E-state index in [1.807, 2.05) is 17.5 Å². The lowest BCUT2D eigenvalue weighted by molar-refractivity contribution is 0.0697. The number of aromatic carboxylic acids is 1. The molecule has 5 nitrogen and oxygen atoms in total. The van der Waals surface area contributed by atoms with Crippen LogP contribution in [0.4, 0.5) is 0 Å². The Kier molecular flexibility index (Phi) is 3.62. The van der Waals surface area contributed by atoms with Crippen LogP contribution in [0, 0.1) is 0 Å². The molecule has 0 fully saturated rings. The number of carbonyl (C=O) groups is 1. The first-order valence-corrected chi connectivity index (χ1v) is 8.93. The van der Waals surface area contributed by atoms with Crippen molar-refractivity contribution in [3.05, 3.63) is 60.7 Å². The fraction of sp³-hybridized carbons (Fsp3) is 0.118. The highest BCUT2D eigenvalue weighted by molar-refractivity contribution is 9.11. The van der Waals surface area contributed by atoms with Gasteiger partial charge in [-0.1, -0.05) is 0 Å². The molecule has 3 heterocycles. The van der Waals surface area contributed by atoms with Crippen LogP contribution in [0.2, 0.25) is 0 Å². The van der Waals surface area contributed by atoms with Gasteiger partial charge in [-0.15, -0.1) is 11.3 Å². The average Bonchev–Trinajstić information content (AvgIpc) is 3.14. The maximum Gasteiger partial charge on any atom is 0.335 e. The van der Waals surface area contributed by atoms with Gasteiger partial charge in [0.15, 0.2) is 0 Å². The normalized spacial score (nSPS) is 15.1. The van der Waals surface area contributed by atoms with Gasteiger partial charge in [0.1, 0.15) is 5.82 Å². The summed E-state index contributed by atoms with van der Waals surface area (Å²) in [6.07, 6.45) is 2.76. The monoisotopic (exact) mass is 402 g/mol. The molecule has 3 aromatic rings. The molecular formula is C17H11BrN2O3S. The second-order valence-corrected chi connectivity index (χ2v) is 7.82. The SMILES string of the molecule is O=C(O)c1ccc2c(=O)n3c(nc2c1)/C(=C/c1csc(Br)c1)CC3. The van der Waals surface area contributed by atoms with Gasteiger partial charge < -0.3 is 5.11 Å². The van der Waals surface area contributed by atoms with Crippen molar-refractivity contribution >= 4 is 55.8 Å². The number of carboxylic acids is 1. The van der Waals surface area contributed by atoms with Crippen LogP contribution in [0.1, 0.15) is 28.2 Å². The molecule has 0 aliphatic carbocycles. The molecule has 4 rings (SSSR count). The molecule has 1 N–H and O–H groups in total. The van der Waals surface area contributed by atoms with Crippen molar-refractivity contribution in [1.82, 2.24) is 9.55 Å². The van der Waals surface area contributed by atoms with Gasteiger partial charge in [-0.3, -0.25) is 9.36 Å². The Morgan fingerprint density at radius 3 is 2.92 bits per heavy atom. The van der Waals surface area contributed by atoms with Crippen LogP contribution in [0.3, 0.4) is 0 Å². The zero-order valence-electron chi connectivity index (χ0n) is 12.3. The summed E-state index contributed by atoms with van der Waals surface area (Å²) >= 11 is 5.04. The van der Waals surface area contributed by atoms with E-state index < -0.39 is 5.97 Å². The molecule has 0 radical (unpaired) electrons. The van der Waals surface area contributed by atoms with E-state index >= 15 is 0 Å². The number of halogens is 1. The minimum absolute atomic E-state index is 0.123. The van der Waals surface area contributed by atoms with Gasteiger partial charge in [0.05, 0.1) is 20.3 Å². The topological polar surface area (TPSA) is 72.2 Å². The van der Waals surface area contributed by atoms with Gasteiger partial charge in [0, 0.05) is 6.54 Å². The van der Waals surface area contributed by atoms with E-state index in [0.717, 1.165) is 21.3 Å². The van der Waals surface area contributed by atoms with Crippen LogP contribution in [0.5, 0.6) is 0 Å². The van der Waals surface area contributed by atoms with Gasteiger partial charge in [-0.2, -0.15) is 0 Å². The van der Waals surface area contributed by atoms with Crippen LogP contribution in [-0.2, 0) is 6.54 Å². The van der Waals surface area contributed by atoms with E-state index in [0.29, 0.717) is 23.3 Å². The Balaban J connectivity index is 1.91. The maximum atomic E-state index is 12.6. The first-order valence-electron chi connectivity index (χ1n) is 7.26. The molecular weight excluding hydrogens is 392 g/mol. The highest BCUT2D eigenvalue weighted by Crippen LogP contribution is 2.30. The summed E-state index contributed by atoms with van der Waals surface area (Å²) in [5, 5.41) is 11.6. The van der Waals surface area contributed by atoms with Crippen LogP contribution in [-0.4, -0.2) is 20.6 Å². The van der Waals surface area contributed by atoms with E-state index in [1.54, 1.807) is 22.0 Å². The lowest BCUT2D eigenvalue weighted by Gasteiger charge is -2.06. The lowest BCUT2D eigenvalue weighted by atomic mass is 10.1. The molecule has 0 unspecified atom stereocenters. The molecule has 0 saturated heterocycles. The third kappa shape index (κ3) is 2.50. The number of fused-ring (bicyclic) bond motifs is 2. The van der Waals surface area contributed by atoms with Crippen molar-refractivity contribution in [2.75, 3.05) is 0 Å². The van der Waals surface area contributed by atoms with Crippen molar-refractivity contribution in [1.29, 1.82) is 0 Å². The van der Waals surface area contributed by atoms with Crippen LogP contribution in [0.25, 0.3) is 22.6 Å². The molecule has 2 aromatic heterocycles. The Morgan fingerprint density at radius 1 is 1.38 bits per heavy atom. The number of allylic oxidation sites excluding steroid dienone is 1. The second-order valence-electron chi connectivity index (χ2n) is 5.53. The predicted molar refractivity (Wildman–Crippen MR) is 97.5 cm³/mol. The smallest absolute Gasteiger partial charge is 0.335 e. The summed E-state index contributed by atoms with van der Waals surface area (Å²) in [4.78, 5) is 28.4. The molecule has 7 heteroatoms. The Bertz CT molecular complexity index is 1080. The zero-order chi connectivity index (χ0) is 16.8. The van der Waals surface area contributed by atoms with Crippen LogP contribution < -0.4 is 5.56 Å². The summed E-state index contributed by atoms with van der Waals surface area (Å²) < 4.78 is 2.71. The summed E-state index contributed by atoms with van der Waals surface area (Å²) in [5.74, 6) is -0.407. The number of nitrogens with zero attached hydrogens (tertiary/aromatic N) is 2. The molecule has 0 atom stereocenters. The van der Waals surface area contributed by atoms with Gasteiger partial charge in [-0.05, 0) is 69.2 Å². The number of aromatic nitrogens is 2. The maximum absolute atomic E-state index is 12.6. The molecule has 1 aliphatic rings.